The zero-order chi connectivity index (χ0) is 16.9. The molecule has 126 valence electrons. The summed E-state index contributed by atoms with van der Waals surface area (Å²) in [5.74, 6) is 0. The second-order valence-corrected chi connectivity index (χ2v) is 6.84. The molecular weight excluding hydrogens is 318 g/mol. The third-order valence-electron chi connectivity index (χ3n) is 4.43. The van der Waals surface area contributed by atoms with Crippen molar-refractivity contribution in [2.75, 3.05) is 26.2 Å². The van der Waals surface area contributed by atoms with Gasteiger partial charge < -0.3 is 0 Å². The van der Waals surface area contributed by atoms with Gasteiger partial charge in [0.2, 0.25) is 0 Å². The predicted molar refractivity (Wildman–Crippen MR) is 102 cm³/mol. The maximum Gasteiger partial charge on any atom is 0.0646 e. The van der Waals surface area contributed by atoms with Gasteiger partial charge in [-0.05, 0) is 37.1 Å². The third-order valence-corrected chi connectivity index (χ3v) is 4.68. The highest BCUT2D eigenvalue weighted by molar-refractivity contribution is 6.30. The first-order valence-electron chi connectivity index (χ1n) is 8.44. The fourth-order valence-corrected chi connectivity index (χ4v) is 3.03. The van der Waals surface area contributed by atoms with Gasteiger partial charge in [0.05, 0.1) is 5.71 Å². The summed E-state index contributed by atoms with van der Waals surface area (Å²) in [5.41, 5.74) is 4.87. The Morgan fingerprint density at radius 1 is 0.958 bits per heavy atom. The maximum absolute atomic E-state index is 5.94. The molecule has 0 aliphatic carbocycles. The van der Waals surface area contributed by atoms with Crippen molar-refractivity contribution in [1.29, 1.82) is 0 Å². The first kappa shape index (κ1) is 17.0. The van der Waals surface area contributed by atoms with Crippen LogP contribution in [0.5, 0.6) is 0 Å². The van der Waals surface area contributed by atoms with Gasteiger partial charge in [0, 0.05) is 37.7 Å². The van der Waals surface area contributed by atoms with E-state index in [1.807, 2.05) is 24.3 Å². The van der Waals surface area contributed by atoms with E-state index in [0.717, 1.165) is 49.0 Å². The molecule has 0 N–H and O–H groups in total. The van der Waals surface area contributed by atoms with Gasteiger partial charge in [-0.25, -0.2) is 0 Å². The number of hydrogen-bond donors (Lipinski definition) is 0. The first-order valence-corrected chi connectivity index (χ1v) is 8.82. The number of halogens is 1. The van der Waals surface area contributed by atoms with Crippen LogP contribution in [0.15, 0.2) is 53.6 Å². The Bertz CT molecular complexity index is 684. The lowest BCUT2D eigenvalue weighted by Crippen LogP contribution is -2.43. The normalized spacial score (nSPS) is 16.5. The summed E-state index contributed by atoms with van der Waals surface area (Å²) in [7, 11) is 0. The zero-order valence-corrected chi connectivity index (χ0v) is 15.1. The van der Waals surface area contributed by atoms with Gasteiger partial charge in [-0.15, -0.1) is 0 Å². The van der Waals surface area contributed by atoms with Crippen LogP contribution in [0.2, 0.25) is 5.02 Å². The van der Waals surface area contributed by atoms with Gasteiger partial charge in [0.15, 0.2) is 0 Å². The Labute approximate surface area is 149 Å². The zero-order valence-electron chi connectivity index (χ0n) is 14.4. The van der Waals surface area contributed by atoms with Crippen LogP contribution in [-0.2, 0) is 6.54 Å². The summed E-state index contributed by atoms with van der Waals surface area (Å²) in [6.45, 7) is 9.24. The number of hydrazone groups is 1. The van der Waals surface area contributed by atoms with Crippen LogP contribution in [0, 0.1) is 6.92 Å². The largest absolute Gasteiger partial charge is 0.295 e. The van der Waals surface area contributed by atoms with E-state index in [1.54, 1.807) is 0 Å². The van der Waals surface area contributed by atoms with Gasteiger partial charge in [-0.1, -0.05) is 53.6 Å². The Hall–Kier alpha value is -1.84. The predicted octanol–water partition coefficient (Wildman–Crippen LogP) is 4.19. The maximum atomic E-state index is 5.94. The van der Waals surface area contributed by atoms with Crippen LogP contribution < -0.4 is 0 Å². The van der Waals surface area contributed by atoms with Crippen molar-refractivity contribution in [2.45, 2.75) is 20.4 Å². The minimum atomic E-state index is 0.760. The molecule has 0 atom stereocenters. The van der Waals surface area contributed by atoms with Crippen LogP contribution in [0.3, 0.4) is 0 Å². The molecule has 24 heavy (non-hydrogen) atoms. The molecule has 2 aromatic rings. The van der Waals surface area contributed by atoms with Crippen molar-refractivity contribution in [2.24, 2.45) is 5.10 Å². The van der Waals surface area contributed by atoms with Crippen molar-refractivity contribution in [3.8, 4) is 0 Å². The van der Waals surface area contributed by atoms with Gasteiger partial charge >= 0.3 is 0 Å². The first-order chi connectivity index (χ1) is 11.6. The van der Waals surface area contributed by atoms with Crippen molar-refractivity contribution >= 4 is 17.3 Å². The lowest BCUT2D eigenvalue weighted by atomic mass is 10.1. The molecule has 2 aromatic carbocycles. The molecule has 3 nitrogen and oxygen atoms in total. The SMILES string of the molecule is C/C(=N\N1CCN(Cc2ccc(C)cc2)CC1)c1ccc(Cl)cc1. The quantitative estimate of drug-likeness (QED) is 0.776. The second kappa shape index (κ2) is 7.82. The lowest BCUT2D eigenvalue weighted by Gasteiger charge is -2.33. The number of benzene rings is 2. The molecule has 1 saturated heterocycles. The highest BCUT2D eigenvalue weighted by Gasteiger charge is 2.16. The number of piperazine rings is 1. The average molecular weight is 342 g/mol. The van der Waals surface area contributed by atoms with E-state index in [9.17, 15) is 0 Å². The van der Waals surface area contributed by atoms with Crippen molar-refractivity contribution in [3.05, 3.63) is 70.2 Å². The van der Waals surface area contributed by atoms with E-state index in [1.165, 1.54) is 11.1 Å². The molecule has 0 unspecified atom stereocenters. The summed E-state index contributed by atoms with van der Waals surface area (Å²) in [6.07, 6.45) is 0. The minimum absolute atomic E-state index is 0.760. The number of aryl methyl sites for hydroxylation is 1. The highest BCUT2D eigenvalue weighted by Crippen LogP contribution is 2.13. The Morgan fingerprint density at radius 3 is 2.21 bits per heavy atom. The van der Waals surface area contributed by atoms with Gasteiger partial charge in [0.1, 0.15) is 0 Å². The summed E-state index contributed by atoms with van der Waals surface area (Å²) in [4.78, 5) is 2.49. The third kappa shape index (κ3) is 4.59. The van der Waals surface area contributed by atoms with Crippen LogP contribution in [0.1, 0.15) is 23.6 Å². The molecule has 1 aliphatic rings. The molecule has 0 spiro atoms. The number of hydrogen-bond acceptors (Lipinski definition) is 3. The van der Waals surface area contributed by atoms with E-state index >= 15 is 0 Å². The molecule has 0 saturated carbocycles. The fraction of sp³-hybridized carbons (Fsp3) is 0.350. The average Bonchev–Trinajstić information content (AvgIpc) is 2.59. The molecule has 1 fully saturated rings. The minimum Gasteiger partial charge on any atom is -0.295 e. The van der Waals surface area contributed by atoms with E-state index < -0.39 is 0 Å². The fourth-order valence-electron chi connectivity index (χ4n) is 2.91. The van der Waals surface area contributed by atoms with Gasteiger partial charge in [-0.3, -0.25) is 9.91 Å². The number of nitrogens with zero attached hydrogens (tertiary/aromatic N) is 3. The van der Waals surface area contributed by atoms with Crippen molar-refractivity contribution in [3.63, 3.8) is 0 Å². The van der Waals surface area contributed by atoms with E-state index in [-0.39, 0.29) is 0 Å². The van der Waals surface area contributed by atoms with E-state index in [4.69, 9.17) is 16.7 Å². The smallest absolute Gasteiger partial charge is 0.0646 e. The van der Waals surface area contributed by atoms with Crippen LogP contribution in [-0.4, -0.2) is 41.8 Å². The molecule has 4 heteroatoms. The Morgan fingerprint density at radius 2 is 1.58 bits per heavy atom. The van der Waals surface area contributed by atoms with Crippen LogP contribution in [0.4, 0.5) is 0 Å². The summed E-state index contributed by atoms with van der Waals surface area (Å²) >= 11 is 5.94. The highest BCUT2D eigenvalue weighted by atomic mass is 35.5. The van der Waals surface area contributed by atoms with Gasteiger partial charge in [0.25, 0.3) is 0 Å². The molecule has 0 aromatic heterocycles. The van der Waals surface area contributed by atoms with Crippen LogP contribution >= 0.6 is 11.6 Å². The lowest BCUT2D eigenvalue weighted by molar-refractivity contribution is 0.130. The topological polar surface area (TPSA) is 18.8 Å². The monoisotopic (exact) mass is 341 g/mol. The summed E-state index contributed by atoms with van der Waals surface area (Å²) in [5, 5.41) is 7.71. The Kier molecular flexibility index (Phi) is 5.54. The molecule has 0 radical (unpaired) electrons. The standard InChI is InChI=1S/C20H24ClN3/c1-16-3-5-18(6-4-16)15-23-11-13-24(14-12-23)22-17(2)19-7-9-20(21)10-8-19/h3-10H,11-15H2,1-2H3/b22-17+. The van der Waals surface area contributed by atoms with Crippen molar-refractivity contribution in [1.82, 2.24) is 9.91 Å². The molecule has 3 rings (SSSR count). The number of rotatable bonds is 4. The molecule has 0 amide bonds. The van der Waals surface area contributed by atoms with Crippen LogP contribution in [0.25, 0.3) is 0 Å². The molecular formula is C20H24ClN3. The van der Waals surface area contributed by atoms with Gasteiger partial charge in [-0.2, -0.15) is 5.10 Å². The molecule has 1 heterocycles. The Balaban J connectivity index is 1.53. The van der Waals surface area contributed by atoms with E-state index in [2.05, 4.69) is 48.0 Å². The molecule has 0 bridgehead atoms. The summed E-state index contributed by atoms with van der Waals surface area (Å²) < 4.78 is 0. The molecule has 1 aliphatic heterocycles. The van der Waals surface area contributed by atoms with E-state index in [0.29, 0.717) is 0 Å². The second-order valence-electron chi connectivity index (χ2n) is 6.41. The van der Waals surface area contributed by atoms with Crippen molar-refractivity contribution < 1.29 is 0 Å². The summed E-state index contributed by atoms with van der Waals surface area (Å²) in [6, 6.07) is 16.7.